The molecular weight excluding hydrogens is 857 g/mol. The Morgan fingerprint density at radius 2 is 1.01 bits per heavy atom. The quantitative estimate of drug-likeness (QED) is 0.149. The third-order valence-corrected chi connectivity index (χ3v) is 13.4. The van der Waals surface area contributed by atoms with Crippen molar-refractivity contribution in [1.29, 1.82) is 5.41 Å². The molecule has 9 aromatic rings. The second-order valence-electron chi connectivity index (χ2n) is 17.2. The molecule has 0 spiro atoms. The molecule has 0 saturated heterocycles. The number of ether oxygens (including phenoxy) is 3. The van der Waals surface area contributed by atoms with Crippen molar-refractivity contribution in [3.8, 4) is 62.1 Å². The second kappa shape index (κ2) is 18.6. The minimum atomic E-state index is -0.565. The van der Waals surface area contributed by atoms with E-state index in [0.29, 0.717) is 28.7 Å². The van der Waals surface area contributed by atoms with Crippen molar-refractivity contribution in [2.45, 2.75) is 5.41 Å². The van der Waals surface area contributed by atoms with E-state index in [2.05, 4.69) is 170 Å². The van der Waals surface area contributed by atoms with Gasteiger partial charge in [0, 0.05) is 22.3 Å². The van der Waals surface area contributed by atoms with Crippen LogP contribution in [-0.2, 0) is 5.41 Å². The number of allylic oxidation sites excluding steroid dienone is 5. The van der Waals surface area contributed by atoms with E-state index in [0.717, 1.165) is 78.1 Å². The zero-order valence-electron chi connectivity index (χ0n) is 38.6. The van der Waals surface area contributed by atoms with Crippen molar-refractivity contribution in [3.05, 3.63) is 294 Å². The molecular formula is C65H48N2O3. The summed E-state index contributed by atoms with van der Waals surface area (Å²) in [6, 6.07) is 73.6. The predicted molar refractivity (Wildman–Crippen MR) is 286 cm³/mol. The van der Waals surface area contributed by atoms with E-state index >= 15 is 0 Å². The maximum absolute atomic E-state index is 9.22. The van der Waals surface area contributed by atoms with Crippen LogP contribution < -0.4 is 19.9 Å². The van der Waals surface area contributed by atoms with Gasteiger partial charge in [0.1, 0.15) is 5.75 Å². The van der Waals surface area contributed by atoms with E-state index in [9.17, 15) is 5.41 Å². The van der Waals surface area contributed by atoms with Gasteiger partial charge in [-0.2, -0.15) is 0 Å². The summed E-state index contributed by atoms with van der Waals surface area (Å²) in [5.74, 6) is 3.49. The monoisotopic (exact) mass is 904 g/mol. The van der Waals surface area contributed by atoms with Crippen molar-refractivity contribution in [2.75, 3.05) is 7.05 Å². The summed E-state index contributed by atoms with van der Waals surface area (Å²) in [7, 11) is 1.50. The molecule has 1 aliphatic carbocycles. The highest BCUT2D eigenvalue weighted by atomic mass is 16.6. The number of nitrogens with two attached hydrogens (primary N) is 1. The van der Waals surface area contributed by atoms with Crippen LogP contribution in [0.5, 0.6) is 28.7 Å². The molecule has 0 unspecified atom stereocenters. The van der Waals surface area contributed by atoms with E-state index in [1.165, 1.54) is 23.7 Å². The molecule has 9 aromatic carbocycles. The van der Waals surface area contributed by atoms with Crippen LogP contribution in [0, 0.1) is 5.41 Å². The summed E-state index contributed by atoms with van der Waals surface area (Å²) in [5, 5.41) is 9.22. The van der Waals surface area contributed by atoms with Crippen molar-refractivity contribution in [3.63, 3.8) is 0 Å². The molecule has 0 amide bonds. The number of nitrogens with one attached hydrogen (secondary N) is 1. The van der Waals surface area contributed by atoms with Gasteiger partial charge in [-0.1, -0.05) is 219 Å². The van der Waals surface area contributed by atoms with Crippen molar-refractivity contribution in [2.24, 2.45) is 5.73 Å². The fourth-order valence-electron chi connectivity index (χ4n) is 10.2. The second-order valence-corrected chi connectivity index (χ2v) is 17.2. The van der Waals surface area contributed by atoms with Crippen LogP contribution in [0.2, 0.25) is 0 Å². The van der Waals surface area contributed by atoms with E-state index in [1.807, 2.05) is 78.9 Å². The van der Waals surface area contributed by atoms with Gasteiger partial charge < -0.3 is 25.4 Å². The number of fused-ring (bicyclic) bond motifs is 7. The van der Waals surface area contributed by atoms with Gasteiger partial charge in [-0.3, -0.25) is 0 Å². The molecule has 336 valence electrons. The molecule has 5 heteroatoms. The summed E-state index contributed by atoms with van der Waals surface area (Å²) in [6.45, 7) is 4.27. The Morgan fingerprint density at radius 1 is 0.471 bits per heavy atom. The van der Waals surface area contributed by atoms with Crippen molar-refractivity contribution in [1.82, 2.24) is 0 Å². The average Bonchev–Trinajstić information content (AvgIpc) is 3.74. The lowest BCUT2D eigenvalue weighted by Gasteiger charge is -2.34. The summed E-state index contributed by atoms with van der Waals surface area (Å²) >= 11 is 0. The molecule has 2 aliphatic heterocycles. The third kappa shape index (κ3) is 7.46. The van der Waals surface area contributed by atoms with Gasteiger partial charge in [0.15, 0.2) is 23.0 Å². The molecule has 0 fully saturated rings. The lowest BCUT2D eigenvalue weighted by Crippen LogP contribution is -2.28. The molecule has 0 bridgehead atoms. The van der Waals surface area contributed by atoms with Gasteiger partial charge in [0.25, 0.3) is 0 Å². The van der Waals surface area contributed by atoms with E-state index in [1.54, 1.807) is 6.26 Å². The lowest BCUT2D eigenvalue weighted by atomic mass is 9.68. The van der Waals surface area contributed by atoms with Gasteiger partial charge in [-0.15, -0.1) is 0 Å². The Labute approximate surface area is 408 Å². The average molecular weight is 905 g/mol. The molecule has 0 radical (unpaired) electrons. The van der Waals surface area contributed by atoms with Crippen molar-refractivity contribution >= 4 is 16.9 Å². The highest BCUT2D eigenvalue weighted by molar-refractivity contribution is 6.12. The molecule has 3 N–H and O–H groups in total. The first-order chi connectivity index (χ1) is 34.6. The zero-order valence-corrected chi connectivity index (χ0v) is 38.6. The molecule has 0 atom stereocenters. The van der Waals surface area contributed by atoms with E-state index < -0.39 is 5.41 Å². The largest absolute Gasteiger partial charge is 0.464 e. The minimum Gasteiger partial charge on any atom is -0.464 e. The number of rotatable bonds is 8. The molecule has 70 heavy (non-hydrogen) atoms. The normalized spacial score (nSPS) is 14.4. The molecule has 3 aliphatic rings. The molecule has 2 heterocycles. The lowest BCUT2D eigenvalue weighted by molar-refractivity contribution is 0.361. The van der Waals surface area contributed by atoms with Crippen molar-refractivity contribution < 1.29 is 14.2 Å². The van der Waals surface area contributed by atoms with Crippen LogP contribution in [0.1, 0.15) is 44.5 Å². The number of benzene rings is 9. The maximum Gasteiger partial charge on any atom is 0.178 e. The Balaban J connectivity index is 0.00000263. The Morgan fingerprint density at radius 3 is 1.67 bits per heavy atom. The third-order valence-electron chi connectivity index (χ3n) is 13.4. The molecule has 0 aromatic heterocycles. The molecule has 12 rings (SSSR count). The van der Waals surface area contributed by atoms with Gasteiger partial charge in [-0.25, -0.2) is 0 Å². The Bertz CT molecular complexity index is 3500. The van der Waals surface area contributed by atoms with Gasteiger partial charge in [0.05, 0.1) is 17.4 Å². The van der Waals surface area contributed by atoms with Gasteiger partial charge in [-0.05, 0) is 98.1 Å². The van der Waals surface area contributed by atoms with Crippen LogP contribution in [0.3, 0.4) is 0 Å². The van der Waals surface area contributed by atoms with E-state index in [4.69, 9.17) is 14.2 Å². The Kier molecular flexibility index (Phi) is 11.5. The van der Waals surface area contributed by atoms with Crippen LogP contribution in [-0.4, -0.2) is 12.8 Å². The standard InChI is InChI=1S/C64H43NO3.CH5N/c1-42-17-13-14-40-66-61-50(42)25-15-26-51(61)43-30-34-45(35-31-43)54(41-57(65)47-18-5-2-6-19-47)46-36-32-44(33-37-46)52-27-16-29-58-62(52)68-63-59(67-58)39-38-56-60(63)53-24-11-12-28-55(53)64(56,48-20-7-3-8-21-48)49-22-9-4-10-23-49;1-2/h2-41,65H,1H2;2H2,1H3/b17-13-,40-14-,54-41-,65-57?;. The topological polar surface area (TPSA) is 77.6 Å². The first kappa shape index (κ1) is 43.5. The summed E-state index contributed by atoms with van der Waals surface area (Å²) < 4.78 is 20.1. The fourth-order valence-corrected chi connectivity index (χ4v) is 10.2. The number of hydrogen-bond acceptors (Lipinski definition) is 5. The maximum atomic E-state index is 9.22. The molecule has 0 saturated carbocycles. The smallest absolute Gasteiger partial charge is 0.178 e. The Hall–Kier alpha value is -9.03. The fraction of sp³-hybridized carbons (Fsp3) is 0.0308. The predicted octanol–water partition coefficient (Wildman–Crippen LogP) is 15.8. The summed E-state index contributed by atoms with van der Waals surface area (Å²) in [4.78, 5) is 0. The van der Waals surface area contributed by atoms with Crippen LogP contribution in [0.15, 0.2) is 249 Å². The highest BCUT2D eigenvalue weighted by Crippen LogP contribution is 2.63. The summed E-state index contributed by atoms with van der Waals surface area (Å²) in [5.41, 5.74) is 20.7. The number of hydrogen-bond donors (Lipinski definition) is 2. The SMILES string of the molecule is C=C1/C=C\C=C/Oc2c1cccc2-c1ccc(/C(=C/C(=N)c2ccccc2)c2ccc(-c3cccc4c3Oc3c(ccc5c3-c3ccccc3C5(c3ccccc3)c3ccccc3)O4)cc2)cc1.CN. The zero-order chi connectivity index (χ0) is 47.6. The van der Waals surface area contributed by atoms with Gasteiger partial charge >= 0.3 is 0 Å². The summed E-state index contributed by atoms with van der Waals surface area (Å²) in [6.07, 6.45) is 9.46. The minimum absolute atomic E-state index is 0.420. The number of para-hydroxylation sites is 2. The van der Waals surface area contributed by atoms with E-state index in [-0.39, 0.29) is 0 Å². The van der Waals surface area contributed by atoms with Crippen LogP contribution in [0.4, 0.5) is 0 Å². The van der Waals surface area contributed by atoms with Crippen LogP contribution in [0.25, 0.3) is 44.5 Å². The highest BCUT2D eigenvalue weighted by Gasteiger charge is 2.48. The van der Waals surface area contributed by atoms with Gasteiger partial charge in [0.2, 0.25) is 0 Å². The molecule has 5 nitrogen and oxygen atoms in total. The first-order valence-electron chi connectivity index (χ1n) is 23.4. The van der Waals surface area contributed by atoms with Crippen LogP contribution >= 0.6 is 0 Å². The first-order valence-corrected chi connectivity index (χ1v) is 23.4.